The minimum absolute atomic E-state index is 0.211. The van der Waals surface area contributed by atoms with Gasteiger partial charge < -0.3 is 14.9 Å². The number of anilines is 2. The van der Waals surface area contributed by atoms with Crippen LogP contribution in [-0.2, 0) is 0 Å². The lowest BCUT2D eigenvalue weighted by molar-refractivity contribution is 0.411. The number of aliphatic hydroxyl groups is 1. The molecule has 2 N–H and O–H groups in total. The number of aliphatic hydroxyl groups excluding tert-OH is 1. The molecule has 1 fully saturated rings. The van der Waals surface area contributed by atoms with Crippen LogP contribution in [0.4, 0.5) is 11.4 Å². The molecule has 0 atom stereocenters. The molecule has 0 aliphatic carbocycles. The van der Waals surface area contributed by atoms with E-state index in [1.165, 1.54) is 29.9 Å². The molecule has 136 valence electrons. The Kier molecular flexibility index (Phi) is 3.86. The summed E-state index contributed by atoms with van der Waals surface area (Å²) in [6.45, 7) is 2.54. The van der Waals surface area contributed by atoms with Gasteiger partial charge in [0.25, 0.3) is 0 Å². The van der Waals surface area contributed by atoms with Gasteiger partial charge in [0, 0.05) is 24.5 Å². The Bertz CT molecular complexity index is 1010. The Labute approximate surface area is 161 Å². The van der Waals surface area contributed by atoms with Gasteiger partial charge in [-0.2, -0.15) is 0 Å². The topological polar surface area (TPSA) is 63.5 Å². The average Bonchev–Trinajstić information content (AvgIpc) is 3.40. The van der Waals surface area contributed by atoms with Gasteiger partial charge in [0.15, 0.2) is 0 Å². The van der Waals surface area contributed by atoms with Crippen LogP contribution in [0.1, 0.15) is 17.8 Å². The van der Waals surface area contributed by atoms with Crippen molar-refractivity contribution < 1.29 is 5.11 Å². The third-order valence-corrected chi connectivity index (χ3v) is 6.30. The summed E-state index contributed by atoms with van der Waals surface area (Å²) in [5.41, 5.74) is 3.59. The van der Waals surface area contributed by atoms with Gasteiger partial charge in [0.05, 0.1) is 22.3 Å². The molecular weight excluding hydrogens is 356 g/mol. The zero-order chi connectivity index (χ0) is 18.4. The van der Waals surface area contributed by atoms with Gasteiger partial charge in [-0.15, -0.1) is 11.3 Å². The van der Waals surface area contributed by atoms with Crippen LogP contribution in [0.2, 0.25) is 0 Å². The first kappa shape index (κ1) is 16.3. The van der Waals surface area contributed by atoms with Crippen LogP contribution in [0.15, 0.2) is 54.3 Å². The number of rotatable bonds is 3. The predicted octanol–water partition coefficient (Wildman–Crippen LogP) is 4.66. The second-order valence-electron chi connectivity index (χ2n) is 6.95. The summed E-state index contributed by atoms with van der Waals surface area (Å²) in [7, 11) is 0. The predicted molar refractivity (Wildman–Crippen MR) is 112 cm³/mol. The highest BCUT2D eigenvalue weighted by molar-refractivity contribution is 7.19. The highest BCUT2D eigenvalue weighted by atomic mass is 32.1. The fourth-order valence-corrected chi connectivity index (χ4v) is 4.86. The first-order chi connectivity index (χ1) is 13.2. The number of hydrogen-bond donors (Lipinski definition) is 2. The number of hydrogen-bond acceptors (Lipinski definition) is 5. The van der Waals surface area contributed by atoms with E-state index in [2.05, 4.69) is 22.0 Å². The molecule has 3 aromatic rings. The van der Waals surface area contributed by atoms with E-state index in [-0.39, 0.29) is 5.76 Å². The lowest BCUT2D eigenvalue weighted by Crippen LogP contribution is -2.26. The van der Waals surface area contributed by atoms with E-state index < -0.39 is 0 Å². The second-order valence-corrected chi connectivity index (χ2v) is 7.98. The molecule has 2 aliphatic rings. The van der Waals surface area contributed by atoms with Gasteiger partial charge >= 0.3 is 0 Å². The number of amidine groups is 1. The van der Waals surface area contributed by atoms with Crippen LogP contribution in [0.5, 0.6) is 0 Å². The third-order valence-electron chi connectivity index (χ3n) is 5.24. The van der Waals surface area contributed by atoms with Gasteiger partial charge in [-0.25, -0.2) is 4.98 Å². The molecule has 3 heterocycles. The average molecular weight is 376 g/mol. The minimum atomic E-state index is 0.211. The lowest BCUT2D eigenvalue weighted by Gasteiger charge is -2.21. The minimum Gasteiger partial charge on any atom is -0.510 e. The molecule has 0 saturated carbocycles. The van der Waals surface area contributed by atoms with Crippen molar-refractivity contribution in [3.8, 4) is 0 Å². The van der Waals surface area contributed by atoms with Crippen molar-refractivity contribution in [1.29, 1.82) is 5.41 Å². The summed E-state index contributed by atoms with van der Waals surface area (Å²) in [6.07, 6.45) is 2.50. The molecule has 0 bridgehead atoms. The molecule has 6 heteroatoms. The summed E-state index contributed by atoms with van der Waals surface area (Å²) in [4.78, 5) is 8.84. The van der Waals surface area contributed by atoms with Crippen LogP contribution >= 0.6 is 11.3 Å². The van der Waals surface area contributed by atoms with Crippen molar-refractivity contribution in [2.45, 2.75) is 12.8 Å². The van der Waals surface area contributed by atoms with E-state index >= 15 is 0 Å². The Morgan fingerprint density at radius 2 is 1.67 bits per heavy atom. The van der Waals surface area contributed by atoms with E-state index in [0.717, 1.165) is 29.0 Å². The molecule has 0 spiro atoms. The molecule has 0 unspecified atom stereocenters. The highest BCUT2D eigenvalue weighted by Crippen LogP contribution is 2.35. The smallest absolute Gasteiger partial charge is 0.139 e. The largest absolute Gasteiger partial charge is 0.510 e. The fraction of sp³-hybridized carbons (Fsp3) is 0.238. The van der Waals surface area contributed by atoms with E-state index in [0.29, 0.717) is 23.0 Å². The number of fused-ring (bicyclic) bond motifs is 1. The zero-order valence-corrected chi connectivity index (χ0v) is 15.7. The van der Waals surface area contributed by atoms with Crippen molar-refractivity contribution in [2.75, 3.05) is 29.4 Å². The standard InChI is InChI=1S/C21H20N4OS/c22-20-19(21-23-16-5-1-2-6-18(16)27-21)17(26)13-25(20)15-9-7-14(8-10-15)24-11-3-4-12-24/h1-2,5-10,22,26H,3-4,11-13H2. The quantitative estimate of drug-likeness (QED) is 0.698. The maximum absolute atomic E-state index is 10.6. The Morgan fingerprint density at radius 1 is 0.963 bits per heavy atom. The van der Waals surface area contributed by atoms with Crippen molar-refractivity contribution >= 4 is 44.3 Å². The molecule has 5 rings (SSSR count). The van der Waals surface area contributed by atoms with Gasteiger partial charge in [0.2, 0.25) is 0 Å². The fourth-order valence-electron chi connectivity index (χ4n) is 3.82. The number of nitrogens with zero attached hydrogens (tertiary/aromatic N) is 3. The molecule has 1 saturated heterocycles. The van der Waals surface area contributed by atoms with Crippen molar-refractivity contribution in [2.24, 2.45) is 0 Å². The van der Waals surface area contributed by atoms with Crippen molar-refractivity contribution in [3.05, 3.63) is 59.3 Å². The number of para-hydroxylation sites is 1. The maximum Gasteiger partial charge on any atom is 0.139 e. The van der Waals surface area contributed by atoms with Crippen LogP contribution in [0.3, 0.4) is 0 Å². The zero-order valence-electron chi connectivity index (χ0n) is 14.9. The normalized spacial score (nSPS) is 17.6. The molecule has 2 aliphatic heterocycles. The summed E-state index contributed by atoms with van der Waals surface area (Å²) in [6, 6.07) is 16.2. The summed E-state index contributed by atoms with van der Waals surface area (Å²) < 4.78 is 1.06. The Hall–Kier alpha value is -2.86. The first-order valence-corrected chi connectivity index (χ1v) is 10.0. The second kappa shape index (κ2) is 6.39. The monoisotopic (exact) mass is 376 g/mol. The summed E-state index contributed by atoms with van der Waals surface area (Å²) in [5, 5.41) is 19.9. The molecule has 5 nitrogen and oxygen atoms in total. The SMILES string of the molecule is N=C1C(c2nc3ccccc3s2)=C(O)CN1c1ccc(N2CCCC2)cc1. The van der Waals surface area contributed by atoms with Crippen LogP contribution in [0, 0.1) is 5.41 Å². The van der Waals surface area contributed by atoms with Gasteiger partial charge in [-0.05, 0) is 49.2 Å². The van der Waals surface area contributed by atoms with Crippen LogP contribution in [0.25, 0.3) is 15.8 Å². The van der Waals surface area contributed by atoms with E-state index in [4.69, 9.17) is 5.41 Å². The van der Waals surface area contributed by atoms with Gasteiger partial charge in [0.1, 0.15) is 16.6 Å². The number of aromatic nitrogens is 1. The van der Waals surface area contributed by atoms with Crippen LogP contribution in [-0.4, -0.2) is 35.6 Å². The Balaban J connectivity index is 1.42. The number of thiazole rings is 1. The van der Waals surface area contributed by atoms with E-state index in [1.807, 2.05) is 41.3 Å². The summed E-state index contributed by atoms with van der Waals surface area (Å²) in [5.74, 6) is 0.517. The van der Waals surface area contributed by atoms with E-state index in [1.54, 1.807) is 0 Å². The van der Waals surface area contributed by atoms with Gasteiger partial charge in [-0.1, -0.05) is 12.1 Å². The highest BCUT2D eigenvalue weighted by Gasteiger charge is 2.31. The van der Waals surface area contributed by atoms with Crippen molar-refractivity contribution in [3.63, 3.8) is 0 Å². The molecular formula is C21H20N4OS. The molecule has 1 aromatic heterocycles. The lowest BCUT2D eigenvalue weighted by atomic mass is 10.2. The molecule has 0 radical (unpaired) electrons. The molecule has 0 amide bonds. The Morgan fingerprint density at radius 3 is 2.41 bits per heavy atom. The molecule has 2 aromatic carbocycles. The van der Waals surface area contributed by atoms with Crippen LogP contribution < -0.4 is 9.80 Å². The maximum atomic E-state index is 10.6. The van der Waals surface area contributed by atoms with Gasteiger partial charge in [-0.3, -0.25) is 5.41 Å². The van der Waals surface area contributed by atoms with Crippen molar-refractivity contribution in [1.82, 2.24) is 4.98 Å². The number of benzene rings is 2. The summed E-state index contributed by atoms with van der Waals surface area (Å²) >= 11 is 1.52. The molecule has 27 heavy (non-hydrogen) atoms. The number of nitrogens with one attached hydrogen (secondary N) is 1. The third kappa shape index (κ3) is 2.77. The van der Waals surface area contributed by atoms with E-state index in [9.17, 15) is 5.11 Å². The first-order valence-electron chi connectivity index (χ1n) is 9.20.